The topological polar surface area (TPSA) is 109 Å². The monoisotopic (exact) mass is 314 g/mol. The number of hydrogen-bond donors (Lipinski definition) is 1. The van der Waals surface area contributed by atoms with Crippen LogP contribution in [0.3, 0.4) is 0 Å². The first-order chi connectivity index (χ1) is 10.9. The molecular weight excluding hydrogens is 300 g/mol. The summed E-state index contributed by atoms with van der Waals surface area (Å²) in [5, 5.41) is 11.6. The Kier molecular flexibility index (Phi) is 4.46. The molecule has 1 aliphatic heterocycles. The first kappa shape index (κ1) is 16.2. The van der Waals surface area contributed by atoms with Crippen LogP contribution in [-0.4, -0.2) is 25.1 Å². The lowest BCUT2D eigenvalue weighted by Crippen LogP contribution is -2.32. The second-order valence-electron chi connectivity index (χ2n) is 4.90. The molecule has 1 aliphatic rings. The normalized spacial score (nSPS) is 17.4. The molecule has 0 spiro atoms. The van der Waals surface area contributed by atoms with Crippen LogP contribution in [0.15, 0.2) is 39.1 Å². The lowest BCUT2D eigenvalue weighted by molar-refractivity contribution is -0.136. The number of carbonyl (C=O) groups is 3. The molecule has 0 fully saturated rings. The number of rotatable bonds is 4. The minimum absolute atomic E-state index is 0.000687. The van der Waals surface area contributed by atoms with Crippen molar-refractivity contribution in [2.75, 3.05) is 7.11 Å². The Balaban J connectivity index is 2.73. The van der Waals surface area contributed by atoms with Crippen LogP contribution in [0, 0.1) is 11.3 Å². The number of carbonyl (C=O) groups excluding carboxylic acids is 3. The van der Waals surface area contributed by atoms with Crippen molar-refractivity contribution in [3.05, 3.63) is 46.2 Å². The number of ketones is 1. The number of methoxy groups -OCH3 is 1. The molecule has 0 saturated carbocycles. The second-order valence-corrected chi connectivity index (χ2v) is 4.90. The number of nitrogens with one attached hydrogen (secondary N) is 1. The molecule has 0 aliphatic carbocycles. The quantitative estimate of drug-likeness (QED) is 0.659. The molecule has 0 saturated heterocycles. The molecule has 0 aromatic carbocycles. The van der Waals surface area contributed by atoms with Crippen molar-refractivity contribution >= 4 is 18.0 Å². The number of Topliss-reactive ketones (excluding diaryl/α,β-unsaturated/α-hetero) is 1. The summed E-state index contributed by atoms with van der Waals surface area (Å²) < 4.78 is 10.1. The van der Waals surface area contributed by atoms with Crippen molar-refractivity contribution < 1.29 is 23.5 Å². The standard InChI is InChI=1S/C16H14N2O5/c1-8-13(9(2)20)15(12-5-4-10(6-17)23-12)14(16(21)22-3)11(7-19)18-8/h4-5,7,15,18H,1-3H3. The molecular formula is C16H14N2O5. The van der Waals surface area contributed by atoms with E-state index in [4.69, 9.17) is 14.4 Å². The molecule has 118 valence electrons. The van der Waals surface area contributed by atoms with Crippen LogP contribution >= 0.6 is 0 Å². The van der Waals surface area contributed by atoms with E-state index >= 15 is 0 Å². The molecule has 1 aromatic heterocycles. The zero-order chi connectivity index (χ0) is 17.1. The first-order valence-corrected chi connectivity index (χ1v) is 6.70. The summed E-state index contributed by atoms with van der Waals surface area (Å²) in [4.78, 5) is 35.5. The van der Waals surface area contributed by atoms with E-state index in [-0.39, 0.29) is 34.1 Å². The first-order valence-electron chi connectivity index (χ1n) is 6.70. The molecule has 1 aromatic rings. The number of aldehydes is 1. The molecule has 2 heterocycles. The van der Waals surface area contributed by atoms with Gasteiger partial charge in [-0.3, -0.25) is 9.59 Å². The summed E-state index contributed by atoms with van der Waals surface area (Å²) >= 11 is 0. The number of hydrogen-bond acceptors (Lipinski definition) is 7. The highest BCUT2D eigenvalue weighted by Crippen LogP contribution is 2.39. The van der Waals surface area contributed by atoms with Crippen LogP contribution in [-0.2, 0) is 19.1 Å². The van der Waals surface area contributed by atoms with Gasteiger partial charge in [0.15, 0.2) is 12.1 Å². The van der Waals surface area contributed by atoms with Crippen molar-refractivity contribution in [1.29, 1.82) is 5.26 Å². The highest BCUT2D eigenvalue weighted by Gasteiger charge is 2.38. The summed E-state index contributed by atoms with van der Waals surface area (Å²) in [6, 6.07) is 4.77. The van der Waals surface area contributed by atoms with Gasteiger partial charge in [-0.1, -0.05) is 0 Å². The fourth-order valence-electron chi connectivity index (χ4n) is 2.60. The Morgan fingerprint density at radius 2 is 2.09 bits per heavy atom. The molecule has 0 radical (unpaired) electrons. The van der Waals surface area contributed by atoms with Gasteiger partial charge in [-0.15, -0.1) is 0 Å². The predicted octanol–water partition coefficient (Wildman–Crippen LogP) is 1.33. The van der Waals surface area contributed by atoms with Gasteiger partial charge in [0.2, 0.25) is 5.76 Å². The van der Waals surface area contributed by atoms with Gasteiger partial charge in [0.05, 0.1) is 24.3 Å². The molecule has 23 heavy (non-hydrogen) atoms. The molecule has 1 N–H and O–H groups in total. The van der Waals surface area contributed by atoms with Crippen LogP contribution in [0.5, 0.6) is 0 Å². The van der Waals surface area contributed by atoms with Crippen molar-refractivity contribution in [2.45, 2.75) is 19.8 Å². The van der Waals surface area contributed by atoms with Gasteiger partial charge < -0.3 is 14.5 Å². The zero-order valence-electron chi connectivity index (χ0n) is 12.8. The molecule has 0 bridgehead atoms. The van der Waals surface area contributed by atoms with E-state index in [1.807, 2.05) is 6.07 Å². The minimum Gasteiger partial charge on any atom is -0.466 e. The molecule has 7 nitrogen and oxygen atoms in total. The lowest BCUT2D eigenvalue weighted by Gasteiger charge is -2.27. The van der Waals surface area contributed by atoms with Gasteiger partial charge in [0.25, 0.3) is 0 Å². The zero-order valence-corrected chi connectivity index (χ0v) is 12.8. The number of ether oxygens (including phenoxy) is 1. The van der Waals surface area contributed by atoms with E-state index in [9.17, 15) is 14.4 Å². The highest BCUT2D eigenvalue weighted by molar-refractivity contribution is 6.04. The Bertz CT molecular complexity index is 792. The van der Waals surface area contributed by atoms with Crippen LogP contribution in [0.25, 0.3) is 0 Å². The maximum absolute atomic E-state index is 12.2. The molecule has 7 heteroatoms. The number of dihydropyridines is 1. The third kappa shape index (κ3) is 2.79. The number of allylic oxidation sites excluding steroid dienone is 3. The molecule has 0 amide bonds. The van der Waals surface area contributed by atoms with Crippen LogP contribution in [0.4, 0.5) is 0 Å². The minimum atomic E-state index is -0.913. The molecule has 1 atom stereocenters. The van der Waals surface area contributed by atoms with Gasteiger partial charge in [0, 0.05) is 11.3 Å². The van der Waals surface area contributed by atoms with Gasteiger partial charge in [-0.05, 0) is 26.0 Å². The Labute approximate surface area is 132 Å². The van der Waals surface area contributed by atoms with Crippen LogP contribution < -0.4 is 5.32 Å². The third-order valence-corrected chi connectivity index (χ3v) is 3.52. The Hall–Kier alpha value is -3.14. The van der Waals surface area contributed by atoms with Crippen LogP contribution in [0.1, 0.15) is 31.3 Å². The second kappa shape index (κ2) is 6.32. The largest absolute Gasteiger partial charge is 0.466 e. The van der Waals surface area contributed by atoms with Crippen molar-refractivity contribution in [3.8, 4) is 6.07 Å². The molecule has 2 rings (SSSR count). The summed E-state index contributed by atoms with van der Waals surface area (Å²) in [6.45, 7) is 2.97. The Morgan fingerprint density at radius 3 is 2.57 bits per heavy atom. The van der Waals surface area contributed by atoms with Crippen molar-refractivity contribution in [2.24, 2.45) is 0 Å². The lowest BCUT2D eigenvalue weighted by atomic mass is 9.82. The maximum atomic E-state index is 12.2. The number of furan rings is 1. The number of nitrogens with zero attached hydrogens (tertiary/aromatic N) is 1. The van der Waals surface area contributed by atoms with E-state index in [1.165, 1.54) is 26.2 Å². The van der Waals surface area contributed by atoms with E-state index in [1.54, 1.807) is 6.92 Å². The van der Waals surface area contributed by atoms with Gasteiger partial charge in [-0.2, -0.15) is 5.26 Å². The van der Waals surface area contributed by atoms with E-state index in [2.05, 4.69) is 5.32 Å². The van der Waals surface area contributed by atoms with E-state index in [0.29, 0.717) is 12.0 Å². The summed E-state index contributed by atoms with van der Waals surface area (Å²) in [5.74, 6) is -1.71. The third-order valence-electron chi connectivity index (χ3n) is 3.52. The highest BCUT2D eigenvalue weighted by atomic mass is 16.5. The van der Waals surface area contributed by atoms with Crippen molar-refractivity contribution in [1.82, 2.24) is 5.32 Å². The van der Waals surface area contributed by atoms with Gasteiger partial charge in [-0.25, -0.2) is 4.79 Å². The average Bonchev–Trinajstić information content (AvgIpc) is 3.01. The number of esters is 1. The summed E-state index contributed by atoms with van der Waals surface area (Å²) in [6.07, 6.45) is 0.480. The van der Waals surface area contributed by atoms with Gasteiger partial charge in [0.1, 0.15) is 11.8 Å². The average molecular weight is 314 g/mol. The predicted molar refractivity (Wildman–Crippen MR) is 77.8 cm³/mol. The van der Waals surface area contributed by atoms with E-state index in [0.717, 1.165) is 0 Å². The fraction of sp³-hybridized carbons (Fsp3) is 0.250. The van der Waals surface area contributed by atoms with Crippen LogP contribution in [0.2, 0.25) is 0 Å². The smallest absolute Gasteiger partial charge is 0.337 e. The van der Waals surface area contributed by atoms with E-state index < -0.39 is 11.9 Å². The summed E-state index contributed by atoms with van der Waals surface area (Å²) in [5.41, 5.74) is 0.679. The fourth-order valence-corrected chi connectivity index (χ4v) is 2.60. The van der Waals surface area contributed by atoms with Crippen molar-refractivity contribution in [3.63, 3.8) is 0 Å². The Morgan fingerprint density at radius 1 is 1.39 bits per heavy atom. The number of nitriles is 1. The SMILES string of the molecule is COC(=O)C1=C(C=O)NC(C)=C(C(C)=O)C1c1ccc(C#N)o1. The van der Waals surface area contributed by atoms with Gasteiger partial charge >= 0.3 is 5.97 Å². The maximum Gasteiger partial charge on any atom is 0.337 e. The summed E-state index contributed by atoms with van der Waals surface area (Å²) in [7, 11) is 1.18. The molecule has 1 unspecified atom stereocenters.